The first-order valence-electron chi connectivity index (χ1n) is 5.73. The number of carbonyl (C=O) groups is 1. The van der Waals surface area contributed by atoms with Crippen molar-refractivity contribution in [1.29, 1.82) is 0 Å². The number of amides is 1. The summed E-state index contributed by atoms with van der Waals surface area (Å²) in [6.07, 6.45) is 5.33. The van der Waals surface area contributed by atoms with Gasteiger partial charge in [0.1, 0.15) is 0 Å². The van der Waals surface area contributed by atoms with Gasteiger partial charge in [-0.2, -0.15) is 0 Å². The fraction of sp³-hybridized carbons (Fsp3) is 0.909. The molecular weight excluding hydrogens is 214 g/mol. The van der Waals surface area contributed by atoms with Gasteiger partial charge in [0.15, 0.2) is 0 Å². The summed E-state index contributed by atoms with van der Waals surface area (Å²) in [4.78, 5) is 11.4. The molecule has 1 aliphatic carbocycles. The van der Waals surface area contributed by atoms with Crippen LogP contribution in [0.1, 0.15) is 32.1 Å². The maximum absolute atomic E-state index is 11.4. The van der Waals surface area contributed by atoms with Crippen LogP contribution in [-0.4, -0.2) is 31.5 Å². The number of nitrogens with one attached hydrogen (secondary N) is 1. The second-order valence-corrected chi connectivity index (χ2v) is 4.38. The second-order valence-electron chi connectivity index (χ2n) is 4.01. The highest BCUT2D eigenvalue weighted by Gasteiger charge is 2.19. The summed E-state index contributed by atoms with van der Waals surface area (Å²) in [7, 11) is 0. The van der Waals surface area contributed by atoms with E-state index in [2.05, 4.69) is 5.32 Å². The van der Waals surface area contributed by atoms with Crippen molar-refractivity contribution in [2.45, 2.75) is 32.1 Å². The Bertz CT molecular complexity index is 183. The average molecular weight is 234 g/mol. The maximum Gasteiger partial charge on any atom is 0.220 e. The van der Waals surface area contributed by atoms with E-state index in [0.29, 0.717) is 38.0 Å². The van der Waals surface area contributed by atoms with Crippen LogP contribution in [0.3, 0.4) is 0 Å². The van der Waals surface area contributed by atoms with E-state index < -0.39 is 0 Å². The Labute approximate surface area is 96.5 Å². The van der Waals surface area contributed by atoms with Crippen molar-refractivity contribution in [2.75, 3.05) is 25.6 Å². The van der Waals surface area contributed by atoms with Gasteiger partial charge in [-0.1, -0.05) is 6.42 Å². The summed E-state index contributed by atoms with van der Waals surface area (Å²) in [6.45, 7) is 1.99. The highest BCUT2D eigenvalue weighted by Crippen LogP contribution is 2.28. The van der Waals surface area contributed by atoms with Gasteiger partial charge >= 0.3 is 0 Å². The molecule has 15 heavy (non-hydrogen) atoms. The number of ether oxygens (including phenoxy) is 1. The molecule has 1 fully saturated rings. The van der Waals surface area contributed by atoms with E-state index in [0.717, 1.165) is 6.42 Å². The molecule has 88 valence electrons. The molecule has 4 heteroatoms. The van der Waals surface area contributed by atoms with E-state index in [1.807, 2.05) is 0 Å². The lowest BCUT2D eigenvalue weighted by atomic mass is 9.83. The van der Waals surface area contributed by atoms with Crippen molar-refractivity contribution in [2.24, 2.45) is 5.92 Å². The predicted octanol–water partition coefficient (Wildman–Crippen LogP) is 1.94. The lowest BCUT2D eigenvalue weighted by Crippen LogP contribution is -2.29. The second kappa shape index (κ2) is 7.94. The SMILES string of the molecule is O=C(CC1CCC1)NCCCOCCCl. The summed E-state index contributed by atoms with van der Waals surface area (Å²) in [5.41, 5.74) is 0. The molecule has 0 aliphatic heterocycles. The van der Waals surface area contributed by atoms with Crippen molar-refractivity contribution in [3.63, 3.8) is 0 Å². The zero-order valence-electron chi connectivity index (χ0n) is 9.14. The van der Waals surface area contributed by atoms with Crippen LogP contribution in [0.4, 0.5) is 0 Å². The van der Waals surface area contributed by atoms with Crippen LogP contribution >= 0.6 is 11.6 Å². The smallest absolute Gasteiger partial charge is 0.220 e. The van der Waals surface area contributed by atoms with Gasteiger partial charge in [-0.05, 0) is 25.2 Å². The minimum absolute atomic E-state index is 0.192. The van der Waals surface area contributed by atoms with E-state index in [-0.39, 0.29) is 5.91 Å². The number of rotatable bonds is 8. The van der Waals surface area contributed by atoms with Crippen molar-refractivity contribution >= 4 is 17.5 Å². The van der Waals surface area contributed by atoms with Crippen LogP contribution in [0.5, 0.6) is 0 Å². The van der Waals surface area contributed by atoms with Crippen molar-refractivity contribution in [1.82, 2.24) is 5.32 Å². The molecule has 0 aromatic rings. The molecule has 1 aliphatic rings. The minimum atomic E-state index is 0.192. The van der Waals surface area contributed by atoms with Gasteiger partial charge in [0, 0.05) is 25.5 Å². The van der Waals surface area contributed by atoms with E-state index in [1.165, 1.54) is 19.3 Å². The highest BCUT2D eigenvalue weighted by atomic mass is 35.5. The van der Waals surface area contributed by atoms with E-state index in [9.17, 15) is 4.79 Å². The molecule has 1 N–H and O–H groups in total. The van der Waals surface area contributed by atoms with Crippen LogP contribution in [0.2, 0.25) is 0 Å². The van der Waals surface area contributed by atoms with Gasteiger partial charge in [-0.15, -0.1) is 11.6 Å². The Kier molecular flexibility index (Phi) is 6.77. The Morgan fingerprint density at radius 3 is 2.80 bits per heavy atom. The molecule has 0 spiro atoms. The molecule has 0 bridgehead atoms. The third-order valence-electron chi connectivity index (χ3n) is 2.71. The summed E-state index contributed by atoms with van der Waals surface area (Å²) in [5.74, 6) is 1.38. The van der Waals surface area contributed by atoms with Gasteiger partial charge < -0.3 is 10.1 Å². The Balaban J connectivity index is 1.83. The normalized spacial score (nSPS) is 16.1. The fourth-order valence-electron chi connectivity index (χ4n) is 1.59. The number of carbonyl (C=O) groups excluding carboxylic acids is 1. The van der Waals surface area contributed by atoms with Crippen molar-refractivity contribution in [3.05, 3.63) is 0 Å². The van der Waals surface area contributed by atoms with Gasteiger partial charge in [-0.25, -0.2) is 0 Å². The molecule has 0 radical (unpaired) electrons. The molecule has 0 atom stereocenters. The summed E-state index contributed by atoms with van der Waals surface area (Å²) >= 11 is 5.45. The Morgan fingerprint density at radius 2 is 2.20 bits per heavy atom. The maximum atomic E-state index is 11.4. The first kappa shape index (κ1) is 12.8. The monoisotopic (exact) mass is 233 g/mol. The lowest BCUT2D eigenvalue weighted by molar-refractivity contribution is -0.122. The number of halogens is 1. The third-order valence-corrected chi connectivity index (χ3v) is 2.86. The zero-order valence-corrected chi connectivity index (χ0v) is 9.89. The van der Waals surface area contributed by atoms with Gasteiger partial charge in [-0.3, -0.25) is 4.79 Å². The van der Waals surface area contributed by atoms with Crippen LogP contribution in [-0.2, 0) is 9.53 Å². The number of hydrogen-bond donors (Lipinski definition) is 1. The quantitative estimate of drug-likeness (QED) is 0.514. The molecule has 1 rings (SSSR count). The predicted molar refractivity (Wildman–Crippen MR) is 61.1 cm³/mol. The van der Waals surface area contributed by atoms with Gasteiger partial charge in [0.2, 0.25) is 5.91 Å². The van der Waals surface area contributed by atoms with Gasteiger partial charge in [0.05, 0.1) is 6.61 Å². The molecule has 1 amide bonds. The molecule has 0 aromatic heterocycles. The number of alkyl halides is 1. The molecule has 0 aromatic carbocycles. The van der Waals surface area contributed by atoms with E-state index >= 15 is 0 Å². The topological polar surface area (TPSA) is 38.3 Å². The summed E-state index contributed by atoms with van der Waals surface area (Å²) in [5, 5.41) is 2.91. The van der Waals surface area contributed by atoms with Crippen LogP contribution < -0.4 is 5.32 Å². The first-order chi connectivity index (χ1) is 7.33. The summed E-state index contributed by atoms with van der Waals surface area (Å²) < 4.78 is 5.19. The minimum Gasteiger partial charge on any atom is -0.380 e. The van der Waals surface area contributed by atoms with Crippen molar-refractivity contribution in [3.8, 4) is 0 Å². The molecule has 0 heterocycles. The van der Waals surface area contributed by atoms with Crippen LogP contribution in [0.25, 0.3) is 0 Å². The molecule has 0 saturated heterocycles. The molecular formula is C11H20ClNO2. The largest absolute Gasteiger partial charge is 0.380 e. The Morgan fingerprint density at radius 1 is 1.40 bits per heavy atom. The Hall–Kier alpha value is -0.280. The third kappa shape index (κ3) is 6.00. The summed E-state index contributed by atoms with van der Waals surface area (Å²) in [6, 6.07) is 0. The van der Waals surface area contributed by atoms with E-state index in [4.69, 9.17) is 16.3 Å². The molecule has 1 saturated carbocycles. The van der Waals surface area contributed by atoms with Crippen LogP contribution in [0.15, 0.2) is 0 Å². The van der Waals surface area contributed by atoms with Crippen LogP contribution in [0, 0.1) is 5.92 Å². The highest BCUT2D eigenvalue weighted by molar-refractivity contribution is 6.17. The molecule has 3 nitrogen and oxygen atoms in total. The standard InChI is InChI=1S/C11H20ClNO2/c12-5-8-15-7-2-6-13-11(14)9-10-3-1-4-10/h10H,1-9H2,(H,13,14). The van der Waals surface area contributed by atoms with E-state index in [1.54, 1.807) is 0 Å². The molecule has 0 unspecified atom stereocenters. The first-order valence-corrected chi connectivity index (χ1v) is 6.27. The fourth-order valence-corrected chi connectivity index (χ4v) is 1.70. The van der Waals surface area contributed by atoms with Gasteiger partial charge in [0.25, 0.3) is 0 Å². The lowest BCUT2D eigenvalue weighted by Gasteiger charge is -2.24. The average Bonchev–Trinajstić information content (AvgIpc) is 2.17. The van der Waals surface area contributed by atoms with Crippen molar-refractivity contribution < 1.29 is 9.53 Å². The number of hydrogen-bond acceptors (Lipinski definition) is 2. The zero-order chi connectivity index (χ0) is 10.9.